The molecule has 0 atom stereocenters. The summed E-state index contributed by atoms with van der Waals surface area (Å²) in [5.74, 6) is -0.821. The second-order valence-corrected chi connectivity index (χ2v) is 6.31. The van der Waals surface area contributed by atoms with Crippen LogP contribution in [-0.4, -0.2) is 16.8 Å². The minimum Gasteiger partial charge on any atom is -0.365 e. The molecule has 5 nitrogen and oxygen atoms in total. The number of anilines is 1. The molecular formula is C9H6BrN3O2S2. The molecule has 8 heteroatoms. The number of carbonyl (C=O) groups excluding carboxylic acids is 2. The molecule has 0 spiro atoms. The fourth-order valence-electron chi connectivity index (χ4n) is 1.04. The molecule has 88 valence electrons. The van der Waals surface area contributed by atoms with Crippen molar-refractivity contribution in [3.8, 4) is 0 Å². The molecule has 2 rings (SSSR count). The van der Waals surface area contributed by atoms with Gasteiger partial charge >= 0.3 is 0 Å². The Balaban J connectivity index is 2.10. The number of hydrogen-bond donors (Lipinski definition) is 2. The first-order valence-corrected chi connectivity index (χ1v) is 6.86. The molecule has 0 aliphatic heterocycles. The third kappa shape index (κ3) is 2.90. The highest BCUT2D eigenvalue weighted by atomic mass is 79.9. The Morgan fingerprint density at radius 2 is 2.24 bits per heavy atom. The number of amides is 2. The van der Waals surface area contributed by atoms with Gasteiger partial charge in [-0.15, -0.1) is 11.3 Å². The van der Waals surface area contributed by atoms with E-state index < -0.39 is 5.91 Å². The molecule has 2 amide bonds. The van der Waals surface area contributed by atoms with E-state index in [0.29, 0.717) is 15.6 Å². The van der Waals surface area contributed by atoms with Gasteiger partial charge in [-0.05, 0) is 22.0 Å². The van der Waals surface area contributed by atoms with Gasteiger partial charge in [0.1, 0.15) is 4.88 Å². The summed E-state index contributed by atoms with van der Waals surface area (Å²) in [5.41, 5.74) is 5.63. The Labute approximate surface area is 113 Å². The number of thiophene rings is 1. The molecule has 0 fully saturated rings. The third-order valence-electron chi connectivity index (χ3n) is 1.80. The van der Waals surface area contributed by atoms with Gasteiger partial charge in [-0.2, -0.15) is 0 Å². The quantitative estimate of drug-likeness (QED) is 0.904. The Bertz CT molecular complexity index is 578. The maximum atomic E-state index is 11.7. The summed E-state index contributed by atoms with van der Waals surface area (Å²) in [6.07, 6.45) is 1.34. The molecule has 2 heterocycles. The van der Waals surface area contributed by atoms with Crippen molar-refractivity contribution in [1.82, 2.24) is 4.98 Å². The molecule has 0 aliphatic rings. The molecule has 0 bridgehead atoms. The van der Waals surface area contributed by atoms with Crippen LogP contribution in [0.2, 0.25) is 0 Å². The molecule has 0 saturated heterocycles. The summed E-state index contributed by atoms with van der Waals surface area (Å²) in [4.78, 5) is 26.8. The lowest BCUT2D eigenvalue weighted by Crippen LogP contribution is -2.10. The van der Waals surface area contributed by atoms with Crippen LogP contribution in [-0.2, 0) is 0 Å². The van der Waals surface area contributed by atoms with E-state index in [4.69, 9.17) is 5.73 Å². The van der Waals surface area contributed by atoms with Gasteiger partial charge in [0.2, 0.25) is 0 Å². The normalized spacial score (nSPS) is 10.2. The number of nitrogens with zero attached hydrogens (tertiary/aromatic N) is 1. The van der Waals surface area contributed by atoms with E-state index in [9.17, 15) is 9.59 Å². The first kappa shape index (κ1) is 12.2. The van der Waals surface area contributed by atoms with E-state index in [1.165, 1.54) is 17.5 Å². The van der Waals surface area contributed by atoms with E-state index in [2.05, 4.69) is 26.2 Å². The first-order valence-electron chi connectivity index (χ1n) is 4.37. The van der Waals surface area contributed by atoms with Crippen molar-refractivity contribution >= 4 is 55.5 Å². The second-order valence-electron chi connectivity index (χ2n) is 2.99. The number of thiazole rings is 1. The Hall–Kier alpha value is -1.25. The summed E-state index contributed by atoms with van der Waals surface area (Å²) >= 11 is 5.74. The highest BCUT2D eigenvalue weighted by molar-refractivity contribution is 9.11. The van der Waals surface area contributed by atoms with Gasteiger partial charge in [0.05, 0.1) is 15.5 Å². The van der Waals surface area contributed by atoms with E-state index in [-0.39, 0.29) is 5.91 Å². The number of halogens is 1. The predicted molar refractivity (Wildman–Crippen MR) is 70.6 cm³/mol. The zero-order chi connectivity index (χ0) is 12.4. The van der Waals surface area contributed by atoms with Crippen molar-refractivity contribution in [3.63, 3.8) is 0 Å². The number of primary amides is 1. The maximum Gasteiger partial charge on any atom is 0.260 e. The molecule has 2 aromatic heterocycles. The number of nitrogens with one attached hydrogen (secondary N) is 1. The summed E-state index contributed by atoms with van der Waals surface area (Å²) < 4.78 is 0.875. The van der Waals surface area contributed by atoms with Crippen LogP contribution in [0.5, 0.6) is 0 Å². The van der Waals surface area contributed by atoms with Crippen molar-refractivity contribution in [3.05, 3.63) is 31.9 Å². The molecule has 0 unspecified atom stereocenters. The van der Waals surface area contributed by atoms with Crippen LogP contribution in [0.1, 0.15) is 20.0 Å². The lowest BCUT2D eigenvalue weighted by Gasteiger charge is -1.97. The van der Waals surface area contributed by atoms with Gasteiger partial charge in [0.25, 0.3) is 11.8 Å². The summed E-state index contributed by atoms with van der Waals surface area (Å²) in [7, 11) is 0. The van der Waals surface area contributed by atoms with Crippen LogP contribution >= 0.6 is 38.6 Å². The summed E-state index contributed by atoms with van der Waals surface area (Å²) in [6.45, 7) is 0. The van der Waals surface area contributed by atoms with Crippen molar-refractivity contribution < 1.29 is 9.59 Å². The van der Waals surface area contributed by atoms with Crippen LogP contribution in [0.3, 0.4) is 0 Å². The standard InChI is InChI=1S/C9H6BrN3O2S2/c10-6-1-4(3-16-6)8(15)13-9-12-2-5(17-9)7(11)14/h1-3H,(H2,11,14)(H,12,13,15). The summed E-state index contributed by atoms with van der Waals surface area (Å²) in [5, 5.41) is 4.67. The Morgan fingerprint density at radius 3 is 2.76 bits per heavy atom. The lowest BCUT2D eigenvalue weighted by atomic mass is 10.3. The number of aromatic nitrogens is 1. The van der Waals surface area contributed by atoms with Crippen LogP contribution in [0.25, 0.3) is 0 Å². The predicted octanol–water partition coefficient (Wildman–Crippen LogP) is 2.32. The van der Waals surface area contributed by atoms with E-state index in [1.807, 2.05) is 0 Å². The average Bonchev–Trinajstić information content (AvgIpc) is 2.86. The van der Waals surface area contributed by atoms with Gasteiger partial charge in [0.15, 0.2) is 5.13 Å². The SMILES string of the molecule is NC(=O)c1cnc(NC(=O)c2csc(Br)c2)s1. The van der Waals surface area contributed by atoms with Crippen molar-refractivity contribution in [2.45, 2.75) is 0 Å². The Morgan fingerprint density at radius 1 is 1.47 bits per heavy atom. The van der Waals surface area contributed by atoms with E-state index in [0.717, 1.165) is 15.1 Å². The summed E-state index contributed by atoms with van der Waals surface area (Å²) in [6, 6.07) is 1.71. The first-order chi connectivity index (χ1) is 8.06. The topological polar surface area (TPSA) is 85.1 Å². The van der Waals surface area contributed by atoms with E-state index in [1.54, 1.807) is 11.4 Å². The average molecular weight is 332 g/mol. The fourth-order valence-corrected chi connectivity index (χ4v) is 2.84. The van der Waals surface area contributed by atoms with E-state index >= 15 is 0 Å². The number of nitrogens with two attached hydrogens (primary N) is 1. The van der Waals surface area contributed by atoms with Crippen molar-refractivity contribution in [2.75, 3.05) is 5.32 Å². The lowest BCUT2D eigenvalue weighted by molar-refractivity contribution is 0.100. The minimum absolute atomic E-state index is 0.266. The second kappa shape index (κ2) is 4.94. The van der Waals surface area contributed by atoms with Gasteiger partial charge in [-0.25, -0.2) is 4.98 Å². The van der Waals surface area contributed by atoms with Crippen molar-refractivity contribution in [1.29, 1.82) is 0 Å². The smallest absolute Gasteiger partial charge is 0.260 e. The highest BCUT2D eigenvalue weighted by Crippen LogP contribution is 2.23. The fraction of sp³-hybridized carbons (Fsp3) is 0. The monoisotopic (exact) mass is 331 g/mol. The van der Waals surface area contributed by atoms with Gasteiger partial charge < -0.3 is 5.73 Å². The van der Waals surface area contributed by atoms with Crippen LogP contribution in [0, 0.1) is 0 Å². The molecular weight excluding hydrogens is 326 g/mol. The van der Waals surface area contributed by atoms with Gasteiger partial charge in [-0.1, -0.05) is 11.3 Å². The van der Waals surface area contributed by atoms with Gasteiger partial charge in [0, 0.05) is 5.38 Å². The molecule has 2 aromatic rings. The van der Waals surface area contributed by atoms with Crippen LogP contribution < -0.4 is 11.1 Å². The molecule has 17 heavy (non-hydrogen) atoms. The molecule has 3 N–H and O–H groups in total. The van der Waals surface area contributed by atoms with Crippen LogP contribution in [0.4, 0.5) is 5.13 Å². The molecule has 0 aliphatic carbocycles. The number of hydrogen-bond acceptors (Lipinski definition) is 5. The van der Waals surface area contributed by atoms with Crippen LogP contribution in [0.15, 0.2) is 21.4 Å². The third-order valence-corrected chi connectivity index (χ3v) is 4.23. The largest absolute Gasteiger partial charge is 0.365 e. The number of carbonyl (C=O) groups is 2. The molecule has 0 saturated carbocycles. The minimum atomic E-state index is -0.554. The van der Waals surface area contributed by atoms with Crippen molar-refractivity contribution in [2.24, 2.45) is 5.73 Å². The number of rotatable bonds is 3. The maximum absolute atomic E-state index is 11.7. The highest BCUT2D eigenvalue weighted by Gasteiger charge is 2.12. The zero-order valence-corrected chi connectivity index (χ0v) is 11.5. The molecule has 0 aromatic carbocycles. The Kier molecular flexibility index (Phi) is 3.55. The van der Waals surface area contributed by atoms with Gasteiger partial charge in [-0.3, -0.25) is 14.9 Å². The molecule has 0 radical (unpaired) electrons. The zero-order valence-electron chi connectivity index (χ0n) is 8.27.